The largest absolute Gasteiger partial charge is 0.481 e. The lowest BCUT2D eigenvalue weighted by Crippen LogP contribution is -2.48. The second kappa shape index (κ2) is 5.00. The fraction of sp³-hybridized carbons (Fsp3) is 0.538. The number of likely N-dealkylation sites (tertiary alicyclic amines) is 1. The van der Waals surface area contributed by atoms with Crippen molar-refractivity contribution in [3.8, 4) is 0 Å². The second-order valence-corrected chi connectivity index (χ2v) is 6.04. The number of aryl methyl sites for hydroxylation is 1. The minimum Gasteiger partial charge on any atom is -0.481 e. The Bertz CT molecular complexity index is 525. The summed E-state index contributed by atoms with van der Waals surface area (Å²) in [7, 11) is 0. The van der Waals surface area contributed by atoms with E-state index in [4.69, 9.17) is 4.42 Å². The second-order valence-electron chi connectivity index (χ2n) is 5.26. The molecule has 0 bridgehead atoms. The van der Waals surface area contributed by atoms with Crippen molar-refractivity contribution in [2.75, 3.05) is 13.1 Å². The van der Waals surface area contributed by atoms with Gasteiger partial charge in [-0.15, -0.1) is 0 Å². The van der Waals surface area contributed by atoms with Gasteiger partial charge in [-0.05, 0) is 48.7 Å². The van der Waals surface area contributed by atoms with Gasteiger partial charge in [-0.25, -0.2) is 0 Å². The van der Waals surface area contributed by atoms with Gasteiger partial charge in [-0.1, -0.05) is 0 Å². The molecule has 19 heavy (non-hydrogen) atoms. The van der Waals surface area contributed by atoms with Crippen LogP contribution in [0.15, 0.2) is 15.2 Å². The zero-order valence-electron chi connectivity index (χ0n) is 10.9. The molecule has 6 heteroatoms. The van der Waals surface area contributed by atoms with Crippen LogP contribution in [0.5, 0.6) is 0 Å². The van der Waals surface area contributed by atoms with Crippen LogP contribution in [0.25, 0.3) is 0 Å². The maximum atomic E-state index is 12.4. The summed E-state index contributed by atoms with van der Waals surface area (Å²) in [5.74, 6) is -0.820. The van der Waals surface area contributed by atoms with Gasteiger partial charge in [0.25, 0.3) is 5.91 Å². The summed E-state index contributed by atoms with van der Waals surface area (Å²) < 4.78 is 5.84. The lowest BCUT2D eigenvalue weighted by molar-refractivity contribution is -0.150. The molecule has 2 heterocycles. The van der Waals surface area contributed by atoms with E-state index in [2.05, 4.69) is 15.9 Å². The van der Waals surface area contributed by atoms with Crippen molar-refractivity contribution in [2.24, 2.45) is 5.41 Å². The maximum absolute atomic E-state index is 12.4. The van der Waals surface area contributed by atoms with Gasteiger partial charge >= 0.3 is 5.97 Å². The molecule has 0 aromatic carbocycles. The zero-order chi connectivity index (χ0) is 14.2. The fourth-order valence-corrected chi connectivity index (χ4v) is 2.89. The summed E-state index contributed by atoms with van der Waals surface area (Å²) in [5, 5.41) is 9.26. The molecule has 1 amide bonds. The van der Waals surface area contributed by atoms with E-state index in [-0.39, 0.29) is 18.2 Å². The third kappa shape index (κ3) is 2.68. The average molecular weight is 330 g/mol. The highest BCUT2D eigenvalue weighted by atomic mass is 79.9. The fourth-order valence-electron chi connectivity index (χ4n) is 2.39. The summed E-state index contributed by atoms with van der Waals surface area (Å²) in [6.45, 7) is 4.26. The molecule has 1 saturated heterocycles. The van der Waals surface area contributed by atoms with Crippen molar-refractivity contribution in [1.29, 1.82) is 0 Å². The van der Waals surface area contributed by atoms with Crippen molar-refractivity contribution >= 4 is 27.8 Å². The zero-order valence-corrected chi connectivity index (χ0v) is 12.5. The Morgan fingerprint density at radius 3 is 2.74 bits per heavy atom. The van der Waals surface area contributed by atoms with Crippen LogP contribution in [-0.2, 0) is 4.79 Å². The Balaban J connectivity index is 2.20. The molecule has 1 fully saturated rings. The predicted molar refractivity (Wildman–Crippen MR) is 72.0 cm³/mol. The van der Waals surface area contributed by atoms with Gasteiger partial charge in [0.15, 0.2) is 10.4 Å². The first-order valence-corrected chi connectivity index (χ1v) is 6.91. The first-order chi connectivity index (χ1) is 8.83. The van der Waals surface area contributed by atoms with Gasteiger partial charge < -0.3 is 14.4 Å². The normalized spacial score (nSPS) is 23.4. The summed E-state index contributed by atoms with van der Waals surface area (Å²) >= 11 is 3.19. The summed E-state index contributed by atoms with van der Waals surface area (Å²) in [5.41, 5.74) is -0.120. The van der Waals surface area contributed by atoms with Crippen molar-refractivity contribution in [1.82, 2.24) is 4.90 Å². The molecule has 0 spiro atoms. The number of carbonyl (C=O) groups excluding carboxylic acids is 1. The van der Waals surface area contributed by atoms with Crippen molar-refractivity contribution in [2.45, 2.75) is 26.7 Å². The number of carboxylic acid groups (broad SMARTS) is 1. The van der Waals surface area contributed by atoms with Crippen LogP contribution in [-0.4, -0.2) is 35.0 Å². The van der Waals surface area contributed by atoms with E-state index in [0.717, 1.165) is 5.56 Å². The molecule has 1 N–H and O–H groups in total. The number of aliphatic carboxylic acids is 1. The molecule has 1 aliphatic rings. The number of hydrogen-bond acceptors (Lipinski definition) is 3. The van der Waals surface area contributed by atoms with Gasteiger partial charge in [0, 0.05) is 18.7 Å². The molecule has 0 radical (unpaired) electrons. The van der Waals surface area contributed by atoms with E-state index >= 15 is 0 Å². The third-order valence-electron chi connectivity index (χ3n) is 3.58. The van der Waals surface area contributed by atoms with E-state index in [0.29, 0.717) is 24.1 Å². The molecule has 1 atom stereocenters. The van der Waals surface area contributed by atoms with Crippen LogP contribution >= 0.6 is 15.9 Å². The number of nitrogens with zero attached hydrogens (tertiary/aromatic N) is 1. The average Bonchev–Trinajstić information content (AvgIpc) is 2.67. The van der Waals surface area contributed by atoms with E-state index in [1.807, 2.05) is 0 Å². The Labute approximate surface area is 119 Å². The van der Waals surface area contributed by atoms with Gasteiger partial charge in [0.05, 0.1) is 5.41 Å². The highest BCUT2D eigenvalue weighted by Gasteiger charge is 2.40. The number of piperidine rings is 1. The first-order valence-electron chi connectivity index (χ1n) is 6.12. The molecule has 1 aromatic heterocycles. The van der Waals surface area contributed by atoms with Gasteiger partial charge in [-0.2, -0.15) is 0 Å². The van der Waals surface area contributed by atoms with Crippen molar-refractivity contribution in [3.63, 3.8) is 0 Å². The number of hydrogen-bond donors (Lipinski definition) is 1. The van der Waals surface area contributed by atoms with Crippen LogP contribution in [0.1, 0.15) is 35.9 Å². The highest BCUT2D eigenvalue weighted by molar-refractivity contribution is 9.10. The molecule has 0 aliphatic carbocycles. The molecule has 2 rings (SSSR count). The van der Waals surface area contributed by atoms with E-state index in [1.54, 1.807) is 24.8 Å². The molecule has 1 aromatic rings. The smallest absolute Gasteiger partial charge is 0.311 e. The number of rotatable bonds is 2. The van der Waals surface area contributed by atoms with Crippen LogP contribution in [0.4, 0.5) is 0 Å². The van der Waals surface area contributed by atoms with E-state index in [9.17, 15) is 14.7 Å². The minimum absolute atomic E-state index is 0.221. The number of furan rings is 1. The molecule has 0 saturated carbocycles. The van der Waals surface area contributed by atoms with Gasteiger partial charge in [-0.3, -0.25) is 9.59 Å². The van der Waals surface area contributed by atoms with Crippen molar-refractivity contribution < 1.29 is 19.1 Å². The number of halogens is 1. The van der Waals surface area contributed by atoms with Gasteiger partial charge in [0.2, 0.25) is 0 Å². The predicted octanol–water partition coefficient (Wildman–Crippen LogP) is 2.68. The van der Waals surface area contributed by atoms with E-state index in [1.165, 1.54) is 0 Å². The summed E-state index contributed by atoms with van der Waals surface area (Å²) in [6.07, 6.45) is 1.28. The van der Waals surface area contributed by atoms with E-state index < -0.39 is 11.4 Å². The molecule has 1 aliphatic heterocycles. The quantitative estimate of drug-likeness (QED) is 0.905. The molecular formula is C13H16BrNO4. The molecule has 5 nitrogen and oxygen atoms in total. The topological polar surface area (TPSA) is 70.8 Å². The molecule has 1 unspecified atom stereocenters. The minimum atomic E-state index is -0.869. The monoisotopic (exact) mass is 329 g/mol. The highest BCUT2D eigenvalue weighted by Crippen LogP contribution is 2.31. The molecular weight excluding hydrogens is 314 g/mol. The Kier molecular flexibility index (Phi) is 3.71. The standard InChI is InChI=1S/C13H16BrNO4/c1-8-6-9(14)19-10(8)11(16)15-5-3-4-13(2,7-15)12(17)18/h6H,3-5,7H2,1-2H3,(H,17,18). The number of amides is 1. The number of carboxylic acids is 1. The first kappa shape index (κ1) is 14.1. The maximum Gasteiger partial charge on any atom is 0.311 e. The number of carbonyl (C=O) groups is 2. The van der Waals surface area contributed by atoms with Crippen LogP contribution in [0, 0.1) is 12.3 Å². The van der Waals surface area contributed by atoms with Crippen LogP contribution in [0.2, 0.25) is 0 Å². The lowest BCUT2D eigenvalue weighted by Gasteiger charge is -2.37. The molecule has 104 valence electrons. The lowest BCUT2D eigenvalue weighted by atomic mass is 9.82. The Hall–Kier alpha value is -1.30. The third-order valence-corrected chi connectivity index (χ3v) is 3.97. The van der Waals surface area contributed by atoms with Gasteiger partial charge in [0.1, 0.15) is 0 Å². The van der Waals surface area contributed by atoms with Crippen LogP contribution < -0.4 is 0 Å². The van der Waals surface area contributed by atoms with Crippen molar-refractivity contribution in [3.05, 3.63) is 22.1 Å². The van der Waals surface area contributed by atoms with Crippen LogP contribution in [0.3, 0.4) is 0 Å². The SMILES string of the molecule is Cc1cc(Br)oc1C(=O)N1CCCC(C)(C(=O)O)C1. The Morgan fingerprint density at radius 1 is 1.53 bits per heavy atom. The summed E-state index contributed by atoms with van der Waals surface area (Å²) in [4.78, 5) is 25.2. The summed E-state index contributed by atoms with van der Waals surface area (Å²) in [6, 6.07) is 1.73. The Morgan fingerprint density at radius 2 is 2.21 bits per heavy atom.